The lowest BCUT2D eigenvalue weighted by atomic mass is 10.4. The highest BCUT2D eigenvalue weighted by molar-refractivity contribution is 5.29. The smallest absolute Gasteiger partial charge is 0.0551 e. The molecule has 1 N–H and O–H groups in total. The Bertz CT molecular complexity index is 114. The first kappa shape index (κ1) is 7.21. The van der Waals surface area contributed by atoms with Gasteiger partial charge in [0.1, 0.15) is 0 Å². The molecule has 0 saturated heterocycles. The topological polar surface area (TPSA) is 24.4 Å². The first-order chi connectivity index (χ1) is 3.72. The molecule has 0 aliphatic heterocycles. The van der Waals surface area contributed by atoms with E-state index in [1.54, 1.807) is 0 Å². The van der Waals surface area contributed by atoms with Crippen LogP contribution in [0.2, 0.25) is 0 Å². The molecule has 0 spiro atoms. The summed E-state index contributed by atoms with van der Waals surface area (Å²) in [6, 6.07) is 0. The van der Waals surface area contributed by atoms with E-state index in [2.05, 4.69) is 17.0 Å². The maximum atomic E-state index is 3.73. The largest absolute Gasteiger partial charge is 0.390 e. The van der Waals surface area contributed by atoms with Crippen LogP contribution in [0.3, 0.4) is 0 Å². The lowest BCUT2D eigenvalue weighted by Gasteiger charge is -1.98. The molecule has 2 nitrogen and oxygen atoms in total. The van der Waals surface area contributed by atoms with Crippen molar-refractivity contribution in [3.8, 4) is 0 Å². The zero-order valence-corrected chi connectivity index (χ0v) is 5.65. The molecule has 8 heavy (non-hydrogen) atoms. The summed E-state index contributed by atoms with van der Waals surface area (Å²) in [6.07, 6.45) is 0. The number of rotatable bonds is 2. The van der Waals surface area contributed by atoms with E-state index in [9.17, 15) is 0 Å². The molecule has 0 aliphatic rings. The van der Waals surface area contributed by atoms with Crippen molar-refractivity contribution in [3.63, 3.8) is 0 Å². The molecule has 0 heterocycles. The second-order valence-corrected chi connectivity index (χ2v) is 1.62. The molecule has 0 amide bonds. The van der Waals surface area contributed by atoms with Gasteiger partial charge in [-0.1, -0.05) is 0 Å². The summed E-state index contributed by atoms with van der Waals surface area (Å²) in [6.45, 7) is 7.26. The molecule has 0 aromatic rings. The van der Waals surface area contributed by atoms with Crippen molar-refractivity contribution in [2.45, 2.75) is 13.8 Å². The van der Waals surface area contributed by atoms with Crippen LogP contribution in [0.25, 0.3) is 0 Å². The van der Waals surface area contributed by atoms with Crippen LogP contribution in [0.1, 0.15) is 13.8 Å². The summed E-state index contributed by atoms with van der Waals surface area (Å²) < 4.78 is 0. The lowest BCUT2D eigenvalue weighted by Crippen LogP contribution is -2.02. The molecule has 0 bridgehead atoms. The molecule has 46 valence electrons. The Morgan fingerprint density at radius 1 is 1.50 bits per heavy atom. The summed E-state index contributed by atoms with van der Waals surface area (Å²) >= 11 is 0. The quantitative estimate of drug-likeness (QED) is 0.532. The molecule has 0 radical (unpaired) electrons. The van der Waals surface area contributed by atoms with E-state index < -0.39 is 0 Å². The number of aliphatic imine (C=N–C) groups is 1. The first-order valence-corrected chi connectivity index (χ1v) is 2.54. The maximum Gasteiger partial charge on any atom is 0.0551 e. The highest BCUT2D eigenvalue weighted by Crippen LogP contribution is 1.97. The standard InChI is InChI=1S/C6H12N2/c1-5(7-3)6(2)8-4/h8H,3H2,1-2,4H3/b6-5+. The van der Waals surface area contributed by atoms with Gasteiger partial charge in [0.25, 0.3) is 0 Å². The minimum absolute atomic E-state index is 0.951. The third-order valence-corrected chi connectivity index (χ3v) is 1.15. The molecule has 0 aliphatic carbocycles. The Labute approximate surface area is 50.3 Å². The summed E-state index contributed by atoms with van der Waals surface area (Å²) in [5.74, 6) is 0. The summed E-state index contributed by atoms with van der Waals surface area (Å²) in [4.78, 5) is 3.73. The van der Waals surface area contributed by atoms with Gasteiger partial charge in [-0.25, -0.2) is 0 Å². The second-order valence-electron chi connectivity index (χ2n) is 1.62. The van der Waals surface area contributed by atoms with Crippen molar-refractivity contribution in [2.75, 3.05) is 7.05 Å². The van der Waals surface area contributed by atoms with E-state index in [1.165, 1.54) is 0 Å². The van der Waals surface area contributed by atoms with E-state index in [0.29, 0.717) is 0 Å². The van der Waals surface area contributed by atoms with E-state index >= 15 is 0 Å². The van der Waals surface area contributed by atoms with Crippen molar-refractivity contribution in [1.82, 2.24) is 5.32 Å². The summed E-state index contributed by atoms with van der Waals surface area (Å²) in [7, 11) is 1.87. The van der Waals surface area contributed by atoms with Crippen LogP contribution in [0.5, 0.6) is 0 Å². The number of hydrogen-bond acceptors (Lipinski definition) is 2. The normalized spacial score (nSPS) is 12.4. The van der Waals surface area contributed by atoms with Gasteiger partial charge in [0.2, 0.25) is 0 Å². The minimum atomic E-state index is 0.951. The van der Waals surface area contributed by atoms with Crippen molar-refractivity contribution in [2.24, 2.45) is 4.99 Å². The fraction of sp³-hybridized carbons (Fsp3) is 0.500. The van der Waals surface area contributed by atoms with Gasteiger partial charge in [0.15, 0.2) is 0 Å². The molecule has 0 unspecified atom stereocenters. The number of hydrogen-bond donors (Lipinski definition) is 1. The van der Waals surface area contributed by atoms with Crippen LogP contribution in [-0.4, -0.2) is 13.8 Å². The molecule has 0 aromatic heterocycles. The monoisotopic (exact) mass is 112 g/mol. The van der Waals surface area contributed by atoms with Crippen molar-refractivity contribution in [1.29, 1.82) is 0 Å². The Morgan fingerprint density at radius 3 is 2.12 bits per heavy atom. The molecular formula is C6H12N2. The molecule has 0 atom stereocenters. The maximum absolute atomic E-state index is 3.73. The molecule has 0 saturated carbocycles. The van der Waals surface area contributed by atoms with Gasteiger partial charge in [-0.05, 0) is 20.6 Å². The SMILES string of the molecule is C=N/C(C)=C(\C)NC. The number of nitrogens with zero attached hydrogens (tertiary/aromatic N) is 1. The van der Waals surface area contributed by atoms with E-state index in [1.807, 2.05) is 20.9 Å². The Kier molecular flexibility index (Phi) is 2.92. The van der Waals surface area contributed by atoms with Crippen molar-refractivity contribution < 1.29 is 0 Å². The van der Waals surface area contributed by atoms with Crippen LogP contribution in [0.4, 0.5) is 0 Å². The molecular weight excluding hydrogens is 100 g/mol. The summed E-state index contributed by atoms with van der Waals surface area (Å²) in [5, 5.41) is 2.96. The lowest BCUT2D eigenvalue weighted by molar-refractivity contribution is 0.951. The predicted molar refractivity (Wildman–Crippen MR) is 37.0 cm³/mol. The fourth-order valence-corrected chi connectivity index (χ4v) is 0.299. The first-order valence-electron chi connectivity index (χ1n) is 2.54. The molecule has 0 aromatic carbocycles. The number of nitrogens with one attached hydrogen (secondary N) is 1. The Morgan fingerprint density at radius 2 is 2.00 bits per heavy atom. The van der Waals surface area contributed by atoms with Gasteiger partial charge in [0.05, 0.1) is 5.70 Å². The molecule has 2 heteroatoms. The average Bonchev–Trinajstić information content (AvgIpc) is 1.84. The molecule has 0 rings (SSSR count). The van der Waals surface area contributed by atoms with Crippen LogP contribution in [-0.2, 0) is 0 Å². The van der Waals surface area contributed by atoms with Gasteiger partial charge in [-0.2, -0.15) is 0 Å². The van der Waals surface area contributed by atoms with Gasteiger partial charge in [-0.15, -0.1) is 0 Å². The minimum Gasteiger partial charge on any atom is -0.390 e. The van der Waals surface area contributed by atoms with E-state index in [-0.39, 0.29) is 0 Å². The average molecular weight is 112 g/mol. The molecule has 0 fully saturated rings. The number of allylic oxidation sites excluding steroid dienone is 2. The Hall–Kier alpha value is -0.790. The van der Waals surface area contributed by atoms with Crippen LogP contribution in [0.15, 0.2) is 16.4 Å². The van der Waals surface area contributed by atoms with Gasteiger partial charge < -0.3 is 5.32 Å². The predicted octanol–water partition coefficient (Wildman–Crippen LogP) is 1.16. The highest BCUT2D eigenvalue weighted by Gasteiger charge is 1.85. The summed E-state index contributed by atoms with van der Waals surface area (Å²) in [5.41, 5.74) is 2.02. The van der Waals surface area contributed by atoms with E-state index in [0.717, 1.165) is 11.4 Å². The van der Waals surface area contributed by atoms with Crippen molar-refractivity contribution >= 4 is 6.72 Å². The fourth-order valence-electron chi connectivity index (χ4n) is 0.299. The zero-order valence-electron chi connectivity index (χ0n) is 5.65. The zero-order chi connectivity index (χ0) is 6.57. The van der Waals surface area contributed by atoms with Gasteiger partial charge >= 0.3 is 0 Å². The second kappa shape index (κ2) is 3.24. The third-order valence-electron chi connectivity index (χ3n) is 1.15. The van der Waals surface area contributed by atoms with Crippen LogP contribution >= 0.6 is 0 Å². The van der Waals surface area contributed by atoms with Crippen LogP contribution in [0, 0.1) is 0 Å². The van der Waals surface area contributed by atoms with Gasteiger partial charge in [-0.3, -0.25) is 4.99 Å². The third kappa shape index (κ3) is 1.78. The van der Waals surface area contributed by atoms with E-state index in [4.69, 9.17) is 0 Å². The Balaban J connectivity index is 4.03. The van der Waals surface area contributed by atoms with Gasteiger partial charge in [0, 0.05) is 12.7 Å². The van der Waals surface area contributed by atoms with Crippen molar-refractivity contribution in [3.05, 3.63) is 11.4 Å². The van der Waals surface area contributed by atoms with Crippen LogP contribution < -0.4 is 5.32 Å². The highest BCUT2D eigenvalue weighted by atomic mass is 14.9.